The topological polar surface area (TPSA) is 36.3 Å². The highest BCUT2D eigenvalue weighted by atomic mass is 16.5. The van der Waals surface area contributed by atoms with Crippen LogP contribution in [-0.2, 0) is 4.74 Å². The molecule has 1 atom stereocenters. The van der Waals surface area contributed by atoms with Gasteiger partial charge in [0, 0.05) is 19.2 Å². The van der Waals surface area contributed by atoms with Crippen LogP contribution in [0.4, 0.5) is 0 Å². The number of amidine groups is 1. The molecule has 1 aromatic rings. The van der Waals surface area contributed by atoms with Crippen molar-refractivity contribution in [2.45, 2.75) is 19.9 Å². The van der Waals surface area contributed by atoms with Crippen LogP contribution in [0, 0.1) is 5.41 Å². The molecule has 88 valence electrons. The largest absolute Gasteiger partial charge is 0.383 e. The standard InChI is InChI=1S/C13H20N2O/c1-4-15(11(2)10-16-3)13(14)12-8-6-5-7-9-12/h5-9,11,14H,4,10H2,1-3H3. The summed E-state index contributed by atoms with van der Waals surface area (Å²) in [6.45, 7) is 5.59. The summed E-state index contributed by atoms with van der Waals surface area (Å²) in [4.78, 5) is 2.04. The van der Waals surface area contributed by atoms with Gasteiger partial charge in [0.1, 0.15) is 5.84 Å². The van der Waals surface area contributed by atoms with Gasteiger partial charge in [-0.15, -0.1) is 0 Å². The number of nitrogens with one attached hydrogen (secondary N) is 1. The van der Waals surface area contributed by atoms with Gasteiger partial charge in [-0.2, -0.15) is 0 Å². The fraction of sp³-hybridized carbons (Fsp3) is 0.462. The van der Waals surface area contributed by atoms with Crippen molar-refractivity contribution >= 4 is 5.84 Å². The average Bonchev–Trinajstić information content (AvgIpc) is 2.31. The van der Waals surface area contributed by atoms with E-state index in [1.165, 1.54) is 0 Å². The minimum absolute atomic E-state index is 0.225. The van der Waals surface area contributed by atoms with Crippen LogP contribution in [0.3, 0.4) is 0 Å². The minimum Gasteiger partial charge on any atom is -0.383 e. The van der Waals surface area contributed by atoms with Crippen molar-refractivity contribution in [3.8, 4) is 0 Å². The molecule has 0 aliphatic rings. The predicted molar refractivity (Wildman–Crippen MR) is 67.0 cm³/mol. The number of methoxy groups -OCH3 is 1. The second-order valence-electron chi connectivity index (χ2n) is 3.81. The number of nitrogens with zero attached hydrogens (tertiary/aromatic N) is 1. The fourth-order valence-electron chi connectivity index (χ4n) is 1.78. The second-order valence-corrected chi connectivity index (χ2v) is 3.81. The monoisotopic (exact) mass is 220 g/mol. The van der Waals surface area contributed by atoms with E-state index < -0.39 is 0 Å². The molecule has 1 N–H and O–H groups in total. The van der Waals surface area contributed by atoms with Crippen LogP contribution < -0.4 is 0 Å². The average molecular weight is 220 g/mol. The number of ether oxygens (including phenoxy) is 1. The molecule has 0 aliphatic carbocycles. The van der Waals surface area contributed by atoms with Crippen molar-refractivity contribution in [1.82, 2.24) is 4.90 Å². The summed E-state index contributed by atoms with van der Waals surface area (Å²) in [6, 6.07) is 10.0. The van der Waals surface area contributed by atoms with Crippen LogP contribution in [-0.4, -0.2) is 37.0 Å². The van der Waals surface area contributed by atoms with E-state index in [0.29, 0.717) is 12.4 Å². The molecule has 0 radical (unpaired) electrons. The van der Waals surface area contributed by atoms with E-state index in [4.69, 9.17) is 10.1 Å². The van der Waals surface area contributed by atoms with Gasteiger partial charge in [-0.05, 0) is 13.8 Å². The highest BCUT2D eigenvalue weighted by molar-refractivity contribution is 5.96. The highest BCUT2D eigenvalue weighted by Crippen LogP contribution is 2.08. The molecular weight excluding hydrogens is 200 g/mol. The summed E-state index contributed by atoms with van der Waals surface area (Å²) in [6.07, 6.45) is 0. The number of hydrogen-bond donors (Lipinski definition) is 1. The molecule has 1 rings (SSSR count). The summed E-state index contributed by atoms with van der Waals surface area (Å²) in [5, 5.41) is 8.17. The number of benzene rings is 1. The zero-order valence-electron chi connectivity index (χ0n) is 10.2. The van der Waals surface area contributed by atoms with Crippen LogP contribution in [0.25, 0.3) is 0 Å². The molecule has 0 spiro atoms. The Morgan fingerprint density at radius 3 is 2.50 bits per heavy atom. The number of hydrogen-bond acceptors (Lipinski definition) is 2. The molecule has 0 aliphatic heterocycles. The van der Waals surface area contributed by atoms with Crippen molar-refractivity contribution in [2.24, 2.45) is 0 Å². The molecule has 16 heavy (non-hydrogen) atoms. The molecule has 0 fully saturated rings. The Morgan fingerprint density at radius 1 is 1.38 bits per heavy atom. The smallest absolute Gasteiger partial charge is 0.128 e. The van der Waals surface area contributed by atoms with Crippen molar-refractivity contribution in [1.29, 1.82) is 5.41 Å². The zero-order chi connectivity index (χ0) is 12.0. The molecule has 3 heteroatoms. The molecule has 0 saturated carbocycles. The van der Waals surface area contributed by atoms with E-state index in [1.807, 2.05) is 35.2 Å². The third-order valence-electron chi connectivity index (χ3n) is 2.62. The van der Waals surface area contributed by atoms with E-state index >= 15 is 0 Å². The molecule has 0 aromatic heterocycles. The van der Waals surface area contributed by atoms with Crippen LogP contribution >= 0.6 is 0 Å². The predicted octanol–water partition coefficient (Wildman–Crippen LogP) is 2.37. The molecule has 0 bridgehead atoms. The Kier molecular flexibility index (Phi) is 4.99. The van der Waals surface area contributed by atoms with E-state index in [1.54, 1.807) is 7.11 Å². The summed E-state index contributed by atoms with van der Waals surface area (Å²) in [7, 11) is 1.69. The molecule has 1 aromatic carbocycles. The third-order valence-corrected chi connectivity index (χ3v) is 2.62. The first-order chi connectivity index (χ1) is 7.70. The van der Waals surface area contributed by atoms with Gasteiger partial charge in [0.25, 0.3) is 0 Å². The van der Waals surface area contributed by atoms with Crippen LogP contribution in [0.5, 0.6) is 0 Å². The van der Waals surface area contributed by atoms with E-state index in [0.717, 1.165) is 12.1 Å². The van der Waals surface area contributed by atoms with Gasteiger partial charge in [-0.25, -0.2) is 0 Å². The summed E-state index contributed by atoms with van der Waals surface area (Å²) >= 11 is 0. The van der Waals surface area contributed by atoms with Gasteiger partial charge in [0.2, 0.25) is 0 Å². The lowest BCUT2D eigenvalue weighted by atomic mass is 10.1. The molecule has 0 heterocycles. The Morgan fingerprint density at radius 2 is 2.00 bits per heavy atom. The van der Waals surface area contributed by atoms with Gasteiger partial charge in [-0.1, -0.05) is 30.3 Å². The lowest BCUT2D eigenvalue weighted by molar-refractivity contribution is 0.138. The third kappa shape index (κ3) is 3.07. The molecule has 0 saturated heterocycles. The quantitative estimate of drug-likeness (QED) is 0.611. The molecular formula is C13H20N2O. The van der Waals surface area contributed by atoms with Crippen LogP contribution in [0.15, 0.2) is 30.3 Å². The lowest BCUT2D eigenvalue weighted by Crippen LogP contribution is -2.40. The zero-order valence-corrected chi connectivity index (χ0v) is 10.2. The van der Waals surface area contributed by atoms with Crippen LogP contribution in [0.2, 0.25) is 0 Å². The minimum atomic E-state index is 0.225. The second kappa shape index (κ2) is 6.28. The summed E-state index contributed by atoms with van der Waals surface area (Å²) < 4.78 is 5.13. The van der Waals surface area contributed by atoms with Crippen LogP contribution in [0.1, 0.15) is 19.4 Å². The van der Waals surface area contributed by atoms with E-state index in [9.17, 15) is 0 Å². The normalized spacial score (nSPS) is 12.2. The van der Waals surface area contributed by atoms with Gasteiger partial charge >= 0.3 is 0 Å². The van der Waals surface area contributed by atoms with Gasteiger partial charge in [0.05, 0.1) is 12.6 Å². The van der Waals surface area contributed by atoms with Crippen molar-refractivity contribution in [2.75, 3.05) is 20.3 Å². The maximum atomic E-state index is 8.17. The van der Waals surface area contributed by atoms with E-state index in [2.05, 4.69) is 13.8 Å². The maximum absolute atomic E-state index is 8.17. The molecule has 0 amide bonds. The summed E-state index contributed by atoms with van der Waals surface area (Å²) in [5.41, 5.74) is 0.951. The first kappa shape index (κ1) is 12.7. The SMILES string of the molecule is CCN(C(=N)c1ccccc1)C(C)COC. The van der Waals surface area contributed by atoms with Crippen molar-refractivity contribution < 1.29 is 4.74 Å². The Bertz CT molecular complexity index is 324. The van der Waals surface area contributed by atoms with Gasteiger partial charge in [0.15, 0.2) is 0 Å². The first-order valence-corrected chi connectivity index (χ1v) is 5.60. The lowest BCUT2D eigenvalue weighted by Gasteiger charge is -2.30. The Hall–Kier alpha value is -1.35. The van der Waals surface area contributed by atoms with Crippen molar-refractivity contribution in [3.63, 3.8) is 0 Å². The highest BCUT2D eigenvalue weighted by Gasteiger charge is 2.16. The molecule has 1 unspecified atom stereocenters. The van der Waals surface area contributed by atoms with Gasteiger partial charge < -0.3 is 9.64 Å². The Labute approximate surface area is 97.5 Å². The number of rotatable bonds is 5. The fourth-order valence-corrected chi connectivity index (χ4v) is 1.78. The maximum Gasteiger partial charge on any atom is 0.128 e. The Balaban J connectivity index is 2.77. The van der Waals surface area contributed by atoms with Gasteiger partial charge in [-0.3, -0.25) is 5.41 Å². The number of likely N-dealkylation sites (N-methyl/N-ethyl adjacent to an activating group) is 1. The van der Waals surface area contributed by atoms with Crippen molar-refractivity contribution in [3.05, 3.63) is 35.9 Å². The summed E-state index contributed by atoms with van der Waals surface area (Å²) in [5.74, 6) is 0.563. The first-order valence-electron chi connectivity index (χ1n) is 5.60. The molecule has 3 nitrogen and oxygen atoms in total. The van der Waals surface area contributed by atoms with E-state index in [-0.39, 0.29) is 6.04 Å².